The van der Waals surface area contributed by atoms with Gasteiger partial charge in [0.05, 0.1) is 5.69 Å². The molecule has 0 radical (unpaired) electrons. The van der Waals surface area contributed by atoms with Crippen molar-refractivity contribution >= 4 is 33.0 Å². The van der Waals surface area contributed by atoms with E-state index in [2.05, 4.69) is 9.71 Å². The molecule has 0 bridgehead atoms. The summed E-state index contributed by atoms with van der Waals surface area (Å²) in [6.07, 6.45) is 0.873. The molecule has 0 spiro atoms. The Hall–Kier alpha value is -0.170. The predicted octanol–water partition coefficient (Wildman–Crippen LogP) is 2.18. The first-order valence-corrected chi connectivity index (χ1v) is 7.55. The molecule has 1 N–H and O–H groups in total. The lowest BCUT2D eigenvalue weighted by Crippen LogP contribution is -2.28. The minimum atomic E-state index is -3.46. The van der Waals surface area contributed by atoms with Crippen LogP contribution in [0.2, 0.25) is 4.47 Å². The number of sulfonamides is 1. The first-order valence-electron chi connectivity index (χ1n) is 4.88. The summed E-state index contributed by atoms with van der Waals surface area (Å²) < 4.78 is 27.2. The fourth-order valence-electron chi connectivity index (χ4n) is 1.51. The topological polar surface area (TPSA) is 59.1 Å². The number of thiazole rings is 1. The van der Waals surface area contributed by atoms with Crippen molar-refractivity contribution in [3.63, 3.8) is 0 Å². The zero-order valence-corrected chi connectivity index (χ0v) is 11.6. The molecule has 0 aliphatic heterocycles. The molecule has 0 saturated heterocycles. The minimum absolute atomic E-state index is 0.0257. The molecule has 1 saturated carbocycles. The molecular weight excluding hydrogens is 268 g/mol. The predicted molar refractivity (Wildman–Crippen MR) is 64.4 cm³/mol. The van der Waals surface area contributed by atoms with Gasteiger partial charge in [0.1, 0.15) is 0 Å². The third-order valence-electron chi connectivity index (χ3n) is 2.78. The standard InChI is InChI=1S/C9H13ClN2O2S2/c1-5-7(15-8(10)11-5)16(13,14)12-6-4-9(6,2)3/h6,12H,4H2,1-3H3. The summed E-state index contributed by atoms with van der Waals surface area (Å²) in [5, 5.41) is 0. The Labute approximate surface area is 104 Å². The molecule has 1 atom stereocenters. The molecule has 16 heavy (non-hydrogen) atoms. The Morgan fingerprint density at radius 3 is 2.50 bits per heavy atom. The maximum Gasteiger partial charge on any atom is 0.252 e. The van der Waals surface area contributed by atoms with Crippen LogP contribution in [0.15, 0.2) is 4.21 Å². The van der Waals surface area contributed by atoms with Gasteiger partial charge in [-0.1, -0.05) is 36.8 Å². The largest absolute Gasteiger partial charge is 0.252 e. The van der Waals surface area contributed by atoms with E-state index in [1.165, 1.54) is 0 Å². The third-order valence-corrected chi connectivity index (χ3v) is 6.13. The van der Waals surface area contributed by atoms with Crippen molar-refractivity contribution in [1.82, 2.24) is 9.71 Å². The number of aryl methyl sites for hydroxylation is 1. The van der Waals surface area contributed by atoms with Gasteiger partial charge in [0.15, 0.2) is 8.68 Å². The van der Waals surface area contributed by atoms with Gasteiger partial charge in [-0.05, 0) is 18.8 Å². The van der Waals surface area contributed by atoms with E-state index >= 15 is 0 Å². The van der Waals surface area contributed by atoms with Gasteiger partial charge < -0.3 is 0 Å². The van der Waals surface area contributed by atoms with Gasteiger partial charge in [-0.3, -0.25) is 0 Å². The maximum atomic E-state index is 12.0. The Bertz CT molecular complexity index is 522. The van der Waals surface area contributed by atoms with Crippen molar-refractivity contribution in [1.29, 1.82) is 0 Å². The van der Waals surface area contributed by atoms with E-state index in [0.717, 1.165) is 17.8 Å². The highest BCUT2D eigenvalue weighted by atomic mass is 35.5. The molecule has 4 nitrogen and oxygen atoms in total. The Morgan fingerprint density at radius 2 is 2.12 bits per heavy atom. The highest BCUT2D eigenvalue weighted by Gasteiger charge is 2.48. The van der Waals surface area contributed by atoms with Crippen molar-refractivity contribution in [3.05, 3.63) is 10.2 Å². The number of hydrogen-bond acceptors (Lipinski definition) is 4. The van der Waals surface area contributed by atoms with Gasteiger partial charge in [0.2, 0.25) is 0 Å². The molecule has 1 aliphatic carbocycles. The highest BCUT2D eigenvalue weighted by Crippen LogP contribution is 2.45. The van der Waals surface area contributed by atoms with Crippen molar-refractivity contribution in [2.75, 3.05) is 0 Å². The monoisotopic (exact) mass is 280 g/mol. The summed E-state index contributed by atoms with van der Waals surface area (Å²) in [4.78, 5) is 3.91. The zero-order chi connectivity index (χ0) is 12.1. The first-order chi connectivity index (χ1) is 7.22. The molecule has 1 fully saturated rings. The first kappa shape index (κ1) is 12.3. The van der Waals surface area contributed by atoms with Gasteiger partial charge in [0, 0.05) is 6.04 Å². The van der Waals surface area contributed by atoms with Crippen LogP contribution in [0.1, 0.15) is 26.0 Å². The molecule has 1 aromatic rings. The highest BCUT2D eigenvalue weighted by molar-refractivity contribution is 7.91. The van der Waals surface area contributed by atoms with Crippen molar-refractivity contribution < 1.29 is 8.42 Å². The summed E-state index contributed by atoms with van der Waals surface area (Å²) in [7, 11) is -3.46. The summed E-state index contributed by atoms with van der Waals surface area (Å²) in [5.74, 6) is 0. The molecule has 1 aliphatic rings. The fraction of sp³-hybridized carbons (Fsp3) is 0.667. The smallest absolute Gasteiger partial charge is 0.229 e. The number of halogens is 1. The van der Waals surface area contributed by atoms with Crippen molar-refractivity contribution in [3.8, 4) is 0 Å². The fourth-order valence-corrected chi connectivity index (χ4v) is 4.67. The van der Waals surface area contributed by atoms with Gasteiger partial charge >= 0.3 is 0 Å². The van der Waals surface area contributed by atoms with Crippen molar-refractivity contribution in [2.45, 2.75) is 37.4 Å². The Balaban J connectivity index is 2.23. The zero-order valence-electron chi connectivity index (χ0n) is 9.24. The minimum Gasteiger partial charge on any atom is -0.229 e. The molecule has 1 aromatic heterocycles. The molecule has 7 heteroatoms. The number of nitrogens with one attached hydrogen (secondary N) is 1. The van der Waals surface area contributed by atoms with Crippen LogP contribution in [0.4, 0.5) is 0 Å². The van der Waals surface area contributed by atoms with Crippen LogP contribution in [-0.4, -0.2) is 19.4 Å². The average Bonchev–Trinajstić information content (AvgIpc) is 2.53. The van der Waals surface area contributed by atoms with Crippen LogP contribution in [0.25, 0.3) is 0 Å². The Morgan fingerprint density at radius 1 is 1.56 bits per heavy atom. The summed E-state index contributed by atoms with van der Waals surface area (Å²) in [6.45, 7) is 5.72. The van der Waals surface area contributed by atoms with E-state index in [0.29, 0.717) is 5.69 Å². The summed E-state index contributed by atoms with van der Waals surface area (Å²) >= 11 is 6.69. The van der Waals surface area contributed by atoms with Crippen LogP contribution < -0.4 is 4.72 Å². The van der Waals surface area contributed by atoms with Gasteiger partial charge in [-0.2, -0.15) is 0 Å². The van der Waals surface area contributed by atoms with E-state index in [4.69, 9.17) is 11.6 Å². The molecule has 0 amide bonds. The second kappa shape index (κ2) is 3.66. The van der Waals surface area contributed by atoms with E-state index in [1.54, 1.807) is 6.92 Å². The van der Waals surface area contributed by atoms with Gasteiger partial charge in [-0.15, -0.1) is 0 Å². The molecule has 1 unspecified atom stereocenters. The van der Waals surface area contributed by atoms with Crippen LogP contribution >= 0.6 is 22.9 Å². The molecule has 0 aromatic carbocycles. The lowest BCUT2D eigenvalue weighted by Gasteiger charge is -2.06. The molecule has 90 valence electrons. The van der Waals surface area contributed by atoms with E-state index < -0.39 is 10.0 Å². The average molecular weight is 281 g/mol. The number of nitrogens with zero attached hydrogens (tertiary/aromatic N) is 1. The van der Waals surface area contributed by atoms with Crippen LogP contribution in [0.5, 0.6) is 0 Å². The Kier molecular flexibility index (Phi) is 2.81. The SMILES string of the molecule is Cc1nc(Cl)sc1S(=O)(=O)NC1CC1(C)C. The normalized spacial score (nSPS) is 23.4. The van der Waals surface area contributed by atoms with Crippen molar-refractivity contribution in [2.24, 2.45) is 5.41 Å². The van der Waals surface area contributed by atoms with E-state index in [1.807, 2.05) is 13.8 Å². The van der Waals surface area contributed by atoms with Crippen LogP contribution in [-0.2, 0) is 10.0 Å². The van der Waals surface area contributed by atoms with Crippen LogP contribution in [0, 0.1) is 12.3 Å². The van der Waals surface area contributed by atoms with E-state index in [9.17, 15) is 8.42 Å². The maximum absolute atomic E-state index is 12.0. The molecule has 1 heterocycles. The quantitative estimate of drug-likeness (QED) is 0.923. The van der Waals surface area contributed by atoms with Gasteiger partial charge in [0.25, 0.3) is 10.0 Å². The molecular formula is C9H13ClN2O2S2. The number of hydrogen-bond donors (Lipinski definition) is 1. The lowest BCUT2D eigenvalue weighted by atomic mass is 10.2. The molecule has 2 rings (SSSR count). The second-order valence-electron chi connectivity index (χ2n) is 4.71. The summed E-state index contributed by atoms with van der Waals surface area (Å²) in [6, 6.07) is 0.0257. The number of aromatic nitrogens is 1. The second-order valence-corrected chi connectivity index (χ2v) is 8.20. The van der Waals surface area contributed by atoms with Gasteiger partial charge in [-0.25, -0.2) is 18.1 Å². The van der Waals surface area contributed by atoms with Crippen LogP contribution in [0.3, 0.4) is 0 Å². The third kappa shape index (κ3) is 2.25. The number of rotatable bonds is 3. The summed E-state index contributed by atoms with van der Waals surface area (Å²) in [5.41, 5.74) is 0.524. The lowest BCUT2D eigenvalue weighted by molar-refractivity contribution is 0.556. The van der Waals surface area contributed by atoms with E-state index in [-0.39, 0.29) is 20.1 Å².